The van der Waals surface area contributed by atoms with Crippen molar-refractivity contribution in [1.29, 1.82) is 0 Å². The topological polar surface area (TPSA) is 98.7 Å². The fraction of sp³-hybridized carbons (Fsp3) is 0.0667. The first-order valence-corrected chi connectivity index (χ1v) is 9.25. The van der Waals surface area contributed by atoms with Crippen LogP contribution >= 0.6 is 46.6 Å². The van der Waals surface area contributed by atoms with Gasteiger partial charge in [0.2, 0.25) is 11.1 Å². The number of carbonyl (C=O) groups excluding carboxylic acids is 1. The molecule has 2 heterocycles. The van der Waals surface area contributed by atoms with Crippen LogP contribution in [-0.4, -0.2) is 31.5 Å². The molecule has 0 fully saturated rings. The maximum Gasteiger partial charge on any atom is 0.234 e. The van der Waals surface area contributed by atoms with E-state index in [0.29, 0.717) is 21.7 Å². The lowest BCUT2D eigenvalue weighted by molar-refractivity contribution is -0.113. The van der Waals surface area contributed by atoms with Gasteiger partial charge in [-0.1, -0.05) is 46.6 Å². The van der Waals surface area contributed by atoms with Crippen molar-refractivity contribution in [2.24, 2.45) is 0 Å². The number of thioether (sulfide) groups is 1. The van der Waals surface area contributed by atoms with E-state index in [-0.39, 0.29) is 21.7 Å². The summed E-state index contributed by atoms with van der Waals surface area (Å²) in [6.07, 6.45) is 3.27. The molecule has 0 bridgehead atoms. The zero-order valence-corrected chi connectivity index (χ0v) is 16.1. The van der Waals surface area contributed by atoms with Gasteiger partial charge in [-0.3, -0.25) is 9.78 Å². The predicted molar refractivity (Wildman–Crippen MR) is 104 cm³/mol. The summed E-state index contributed by atoms with van der Waals surface area (Å²) in [5.41, 5.74) is 1.02. The third-order valence-corrected chi connectivity index (χ3v) is 4.95. The average molecular weight is 430 g/mol. The van der Waals surface area contributed by atoms with Crippen molar-refractivity contribution in [3.05, 3.63) is 51.7 Å². The molecule has 11 heteroatoms. The number of benzene rings is 1. The number of pyridine rings is 1. The van der Waals surface area contributed by atoms with E-state index in [1.165, 1.54) is 16.8 Å². The van der Waals surface area contributed by atoms with E-state index >= 15 is 0 Å². The molecule has 7 nitrogen and oxygen atoms in total. The zero-order valence-electron chi connectivity index (χ0n) is 13.0. The number of nitrogen functional groups attached to an aromatic ring is 1. The molecule has 3 aromatic rings. The Morgan fingerprint density at radius 2 is 1.96 bits per heavy atom. The number of nitrogens with zero attached hydrogens (tertiary/aromatic N) is 4. The molecule has 0 atom stereocenters. The van der Waals surface area contributed by atoms with E-state index < -0.39 is 0 Å². The van der Waals surface area contributed by atoms with E-state index in [1.54, 1.807) is 18.5 Å². The molecule has 1 amide bonds. The quantitative estimate of drug-likeness (QED) is 0.473. The summed E-state index contributed by atoms with van der Waals surface area (Å²) < 4.78 is 1.30. The van der Waals surface area contributed by atoms with Gasteiger partial charge < -0.3 is 11.2 Å². The highest BCUT2D eigenvalue weighted by Crippen LogP contribution is 2.33. The number of rotatable bonds is 5. The van der Waals surface area contributed by atoms with Gasteiger partial charge in [0.05, 0.1) is 21.5 Å². The smallest absolute Gasteiger partial charge is 0.234 e. The van der Waals surface area contributed by atoms with Crippen LogP contribution in [0.25, 0.3) is 11.4 Å². The maximum absolute atomic E-state index is 12.2. The molecule has 0 unspecified atom stereocenters. The Labute approximate surface area is 167 Å². The largest absolute Gasteiger partial charge is 0.335 e. The molecule has 0 aliphatic heterocycles. The first-order valence-electron chi connectivity index (χ1n) is 7.14. The van der Waals surface area contributed by atoms with Crippen molar-refractivity contribution in [1.82, 2.24) is 19.9 Å². The lowest BCUT2D eigenvalue weighted by Crippen LogP contribution is -2.17. The number of aromatic nitrogens is 4. The van der Waals surface area contributed by atoms with Crippen LogP contribution in [-0.2, 0) is 4.79 Å². The van der Waals surface area contributed by atoms with Gasteiger partial charge in [-0.15, -0.1) is 10.2 Å². The van der Waals surface area contributed by atoms with Crippen molar-refractivity contribution < 1.29 is 4.79 Å². The summed E-state index contributed by atoms with van der Waals surface area (Å²) in [6.45, 7) is 0. The van der Waals surface area contributed by atoms with Crippen molar-refractivity contribution in [3.63, 3.8) is 0 Å². The van der Waals surface area contributed by atoms with Crippen molar-refractivity contribution >= 4 is 58.2 Å². The second kappa shape index (κ2) is 8.13. The average Bonchev–Trinajstić information content (AvgIpc) is 2.98. The molecule has 2 aromatic heterocycles. The van der Waals surface area contributed by atoms with Gasteiger partial charge in [0.15, 0.2) is 5.82 Å². The third kappa shape index (κ3) is 4.21. The lowest BCUT2D eigenvalue weighted by atomic mass is 10.3. The number of nitrogens with one attached hydrogen (secondary N) is 1. The fourth-order valence-corrected chi connectivity index (χ4v) is 3.60. The zero-order chi connectivity index (χ0) is 18.7. The number of hydrogen-bond donors (Lipinski definition) is 2. The molecule has 0 saturated heterocycles. The number of hydrogen-bond acceptors (Lipinski definition) is 6. The monoisotopic (exact) mass is 428 g/mol. The van der Waals surface area contributed by atoms with Crippen LogP contribution in [0.1, 0.15) is 0 Å². The third-order valence-electron chi connectivity index (χ3n) is 3.19. The Kier molecular flexibility index (Phi) is 5.87. The van der Waals surface area contributed by atoms with Gasteiger partial charge in [-0.2, -0.15) is 0 Å². The summed E-state index contributed by atoms with van der Waals surface area (Å²) in [7, 11) is 0. The Bertz CT molecular complexity index is 927. The van der Waals surface area contributed by atoms with Crippen LogP contribution in [0.3, 0.4) is 0 Å². The number of nitrogens with two attached hydrogens (primary N) is 1. The minimum absolute atomic E-state index is 0.0393. The standard InChI is InChI=1S/C15H11Cl3N6OS/c16-9-4-10(17)13(11(18)5-9)21-12(25)7-26-15-23-22-14(24(15)19)8-2-1-3-20-6-8/h1-6H,7,19H2,(H,21,25). The van der Waals surface area contributed by atoms with E-state index in [2.05, 4.69) is 20.5 Å². The molecule has 0 aliphatic rings. The van der Waals surface area contributed by atoms with Gasteiger partial charge in [-0.05, 0) is 24.3 Å². The highest BCUT2D eigenvalue weighted by molar-refractivity contribution is 7.99. The molecule has 0 spiro atoms. The van der Waals surface area contributed by atoms with Crippen LogP contribution in [0.5, 0.6) is 0 Å². The van der Waals surface area contributed by atoms with Crippen LogP contribution in [0.15, 0.2) is 41.8 Å². The Morgan fingerprint density at radius 3 is 2.62 bits per heavy atom. The summed E-state index contributed by atoms with van der Waals surface area (Å²) in [6, 6.07) is 6.57. The normalized spacial score (nSPS) is 10.7. The second-order valence-electron chi connectivity index (χ2n) is 5.00. The van der Waals surface area contributed by atoms with E-state index in [4.69, 9.17) is 40.6 Å². The first kappa shape index (κ1) is 18.8. The van der Waals surface area contributed by atoms with Crippen LogP contribution in [0, 0.1) is 0 Å². The second-order valence-corrected chi connectivity index (χ2v) is 7.19. The van der Waals surface area contributed by atoms with Crippen molar-refractivity contribution in [2.75, 3.05) is 16.9 Å². The minimum atomic E-state index is -0.327. The first-order chi connectivity index (χ1) is 12.5. The molecule has 0 aliphatic carbocycles. The molecule has 3 N–H and O–H groups in total. The van der Waals surface area contributed by atoms with Gasteiger partial charge >= 0.3 is 0 Å². The van der Waals surface area contributed by atoms with Crippen molar-refractivity contribution in [2.45, 2.75) is 5.16 Å². The van der Waals surface area contributed by atoms with E-state index in [0.717, 1.165) is 17.3 Å². The maximum atomic E-state index is 12.2. The minimum Gasteiger partial charge on any atom is -0.335 e. The predicted octanol–water partition coefficient (Wildman–Crippen LogP) is 3.74. The number of carbonyl (C=O) groups is 1. The van der Waals surface area contributed by atoms with E-state index in [1.807, 2.05) is 6.07 Å². The Balaban J connectivity index is 1.67. The molecule has 26 heavy (non-hydrogen) atoms. The summed E-state index contributed by atoms with van der Waals surface area (Å²) in [5, 5.41) is 11.9. The molecule has 134 valence electrons. The molecule has 0 saturated carbocycles. The van der Waals surface area contributed by atoms with Gasteiger partial charge in [0.1, 0.15) is 0 Å². The van der Waals surface area contributed by atoms with Gasteiger partial charge in [0.25, 0.3) is 0 Å². The molecule has 3 rings (SSSR count). The number of halogens is 3. The van der Waals surface area contributed by atoms with Crippen LogP contribution in [0.2, 0.25) is 15.1 Å². The van der Waals surface area contributed by atoms with Crippen LogP contribution in [0.4, 0.5) is 5.69 Å². The summed E-state index contributed by atoms with van der Waals surface area (Å²) in [4.78, 5) is 16.2. The Hall–Kier alpha value is -2.00. The molecular formula is C15H11Cl3N6OS. The SMILES string of the molecule is Nn1c(SCC(=O)Nc2c(Cl)cc(Cl)cc2Cl)nnc1-c1cccnc1. The summed E-state index contributed by atoms with van der Waals surface area (Å²) >= 11 is 19.1. The fourth-order valence-electron chi connectivity index (χ4n) is 2.03. The lowest BCUT2D eigenvalue weighted by Gasteiger charge is -2.09. The molecule has 1 aromatic carbocycles. The highest BCUT2D eigenvalue weighted by atomic mass is 35.5. The van der Waals surface area contributed by atoms with Crippen molar-refractivity contribution in [3.8, 4) is 11.4 Å². The Morgan fingerprint density at radius 1 is 1.23 bits per heavy atom. The van der Waals surface area contributed by atoms with E-state index in [9.17, 15) is 4.79 Å². The molecule has 0 radical (unpaired) electrons. The summed E-state index contributed by atoms with van der Waals surface area (Å²) in [5.74, 6) is 6.15. The van der Waals surface area contributed by atoms with Crippen LogP contribution < -0.4 is 11.2 Å². The van der Waals surface area contributed by atoms with Gasteiger partial charge in [-0.25, -0.2) is 4.68 Å². The number of anilines is 1. The number of amides is 1. The highest BCUT2D eigenvalue weighted by Gasteiger charge is 2.15. The van der Waals surface area contributed by atoms with Gasteiger partial charge in [0, 0.05) is 23.0 Å². The molecular weight excluding hydrogens is 419 g/mol.